The lowest BCUT2D eigenvalue weighted by Gasteiger charge is -2.36. The van der Waals surface area contributed by atoms with Crippen LogP contribution in [0.2, 0.25) is 0 Å². The molecule has 0 aliphatic carbocycles. The molecule has 7 heteroatoms. The number of rotatable bonds is 4. The van der Waals surface area contributed by atoms with Gasteiger partial charge in [-0.3, -0.25) is 0 Å². The fraction of sp³-hybridized carbons (Fsp3) is 0.538. The van der Waals surface area contributed by atoms with Gasteiger partial charge in [0.2, 0.25) is 0 Å². The van der Waals surface area contributed by atoms with E-state index in [9.17, 15) is 12.8 Å². The van der Waals surface area contributed by atoms with Crippen LogP contribution in [0.4, 0.5) is 10.1 Å². The molecule has 0 N–H and O–H groups in total. The summed E-state index contributed by atoms with van der Waals surface area (Å²) in [7, 11) is -3.20. The lowest BCUT2D eigenvalue weighted by atomic mass is 10.2. The van der Waals surface area contributed by atoms with Crippen LogP contribution in [0.1, 0.15) is 12.5 Å². The molecule has 1 saturated heterocycles. The van der Waals surface area contributed by atoms with E-state index in [0.717, 1.165) is 5.75 Å². The fourth-order valence-corrected chi connectivity index (χ4v) is 5.39. The van der Waals surface area contributed by atoms with Crippen molar-refractivity contribution in [1.29, 1.82) is 0 Å². The first-order valence-electron chi connectivity index (χ1n) is 6.39. The Balaban J connectivity index is 2.40. The van der Waals surface area contributed by atoms with Crippen molar-refractivity contribution in [2.45, 2.75) is 18.2 Å². The van der Waals surface area contributed by atoms with Gasteiger partial charge in [-0.25, -0.2) is 12.8 Å². The van der Waals surface area contributed by atoms with Crippen LogP contribution in [0, 0.1) is 5.82 Å². The molecule has 1 aliphatic rings. The Morgan fingerprint density at radius 2 is 2.20 bits per heavy atom. The minimum atomic E-state index is -3.20. The van der Waals surface area contributed by atoms with Crippen molar-refractivity contribution in [2.24, 2.45) is 0 Å². The zero-order valence-electron chi connectivity index (χ0n) is 11.2. The minimum Gasteiger partial charge on any atom is -0.353 e. The van der Waals surface area contributed by atoms with E-state index in [1.807, 2.05) is 0 Å². The first kappa shape index (κ1) is 15.9. The number of hydrogen-bond acceptors (Lipinski definition) is 4. The maximum atomic E-state index is 13.6. The lowest BCUT2D eigenvalue weighted by molar-refractivity contribution is 0.578. The average Bonchev–Trinajstić information content (AvgIpc) is 2.46. The van der Waals surface area contributed by atoms with Crippen LogP contribution in [-0.2, 0) is 15.7 Å². The summed E-state index contributed by atoms with van der Waals surface area (Å²) in [5, 5.41) is -0.587. The molecule has 0 spiro atoms. The molecule has 0 radical (unpaired) electrons. The van der Waals surface area contributed by atoms with Crippen molar-refractivity contribution in [3.8, 4) is 0 Å². The maximum absolute atomic E-state index is 13.6. The summed E-state index contributed by atoms with van der Waals surface area (Å²) >= 11 is 7.37. The zero-order chi connectivity index (χ0) is 14.8. The Kier molecular flexibility index (Phi) is 5.20. The molecule has 0 aromatic heterocycles. The minimum absolute atomic E-state index is 0.0897. The molecule has 2 rings (SSSR count). The van der Waals surface area contributed by atoms with Gasteiger partial charge in [-0.15, -0.1) is 11.6 Å². The van der Waals surface area contributed by atoms with Crippen LogP contribution in [-0.4, -0.2) is 37.6 Å². The summed E-state index contributed by atoms with van der Waals surface area (Å²) < 4.78 is 38.0. The average molecular weight is 338 g/mol. The smallest absolute Gasteiger partial charge is 0.171 e. The van der Waals surface area contributed by atoms with E-state index in [4.69, 9.17) is 11.6 Å². The highest BCUT2D eigenvalue weighted by molar-refractivity contribution is 8.01. The number of sulfone groups is 1. The van der Waals surface area contributed by atoms with Gasteiger partial charge in [-0.1, -0.05) is 6.92 Å². The Hall–Kier alpha value is -0.460. The second-order valence-corrected chi connectivity index (χ2v) is 8.49. The summed E-state index contributed by atoms with van der Waals surface area (Å²) in [6.45, 7) is 2.24. The topological polar surface area (TPSA) is 37.4 Å². The Morgan fingerprint density at radius 1 is 1.45 bits per heavy atom. The normalized spacial score (nSPS) is 20.1. The number of nitrogens with zero attached hydrogens (tertiary/aromatic N) is 1. The molecule has 0 saturated carbocycles. The van der Waals surface area contributed by atoms with Crippen molar-refractivity contribution in [3.05, 3.63) is 29.6 Å². The molecule has 1 unspecified atom stereocenters. The predicted molar refractivity (Wildman–Crippen MR) is 83.9 cm³/mol. The quantitative estimate of drug-likeness (QED) is 0.792. The second kappa shape index (κ2) is 6.54. The van der Waals surface area contributed by atoms with Crippen molar-refractivity contribution in [3.63, 3.8) is 0 Å². The highest BCUT2D eigenvalue weighted by Crippen LogP contribution is 2.29. The van der Waals surface area contributed by atoms with Crippen LogP contribution in [0.3, 0.4) is 0 Å². The highest BCUT2D eigenvalue weighted by atomic mass is 35.5. The van der Waals surface area contributed by atoms with Crippen molar-refractivity contribution >= 4 is 38.9 Å². The Labute approximate surface area is 128 Å². The van der Waals surface area contributed by atoms with Crippen molar-refractivity contribution < 1.29 is 12.8 Å². The number of halogens is 2. The first-order chi connectivity index (χ1) is 9.47. The molecular formula is C13H17ClFNO2S2. The molecule has 0 bridgehead atoms. The van der Waals surface area contributed by atoms with Crippen LogP contribution in [0.5, 0.6) is 0 Å². The van der Waals surface area contributed by atoms with Crippen LogP contribution in [0.25, 0.3) is 0 Å². The van der Waals surface area contributed by atoms with E-state index in [1.54, 1.807) is 29.7 Å². The van der Waals surface area contributed by atoms with Crippen LogP contribution < -0.4 is 4.90 Å². The third-order valence-corrected chi connectivity index (χ3v) is 6.93. The number of benzene rings is 1. The van der Waals surface area contributed by atoms with E-state index in [0.29, 0.717) is 23.5 Å². The number of hydrogen-bond donors (Lipinski definition) is 0. The Morgan fingerprint density at radius 3 is 2.85 bits per heavy atom. The SMILES string of the molecule is CCS(=O)(=O)C1CSCCN1c1cc(F)cc(CCl)c1. The highest BCUT2D eigenvalue weighted by Gasteiger charge is 2.33. The molecule has 1 aliphatic heterocycles. The van der Waals surface area contributed by atoms with E-state index < -0.39 is 15.2 Å². The van der Waals surface area contributed by atoms with E-state index >= 15 is 0 Å². The summed E-state index contributed by atoms with van der Waals surface area (Å²) in [6, 6.07) is 4.52. The molecule has 1 heterocycles. The van der Waals surface area contributed by atoms with Crippen molar-refractivity contribution in [1.82, 2.24) is 0 Å². The number of alkyl halides is 1. The van der Waals surface area contributed by atoms with Gasteiger partial charge in [0.15, 0.2) is 9.84 Å². The van der Waals surface area contributed by atoms with Gasteiger partial charge in [-0.2, -0.15) is 11.8 Å². The molecular weight excluding hydrogens is 321 g/mol. The third-order valence-electron chi connectivity index (χ3n) is 3.33. The molecule has 20 heavy (non-hydrogen) atoms. The summed E-state index contributed by atoms with van der Waals surface area (Å²) in [5.74, 6) is 1.26. The van der Waals surface area contributed by atoms with Crippen LogP contribution >= 0.6 is 23.4 Å². The predicted octanol–water partition coefficient (Wildman–Crippen LogP) is 2.88. The lowest BCUT2D eigenvalue weighted by Crippen LogP contribution is -2.48. The number of thioether (sulfide) groups is 1. The van der Waals surface area contributed by atoms with Gasteiger partial charge in [0, 0.05) is 35.4 Å². The third kappa shape index (κ3) is 3.40. The monoisotopic (exact) mass is 337 g/mol. The van der Waals surface area contributed by atoms with Gasteiger partial charge < -0.3 is 4.90 Å². The van der Waals surface area contributed by atoms with E-state index in [1.165, 1.54) is 12.1 Å². The summed E-state index contributed by atoms with van der Waals surface area (Å²) in [5.41, 5.74) is 1.26. The fourth-order valence-electron chi connectivity index (χ4n) is 2.24. The molecule has 1 atom stereocenters. The first-order valence-corrected chi connectivity index (χ1v) is 9.79. The number of anilines is 1. The standard InChI is InChI=1S/C13H17ClFNO2S2/c1-2-20(17,18)13-9-19-4-3-16(13)12-6-10(8-14)5-11(15)7-12/h5-7,13H,2-4,8-9H2,1H3. The van der Waals surface area contributed by atoms with Gasteiger partial charge in [0.25, 0.3) is 0 Å². The van der Waals surface area contributed by atoms with Crippen molar-refractivity contribution in [2.75, 3.05) is 28.7 Å². The van der Waals surface area contributed by atoms with E-state index in [2.05, 4.69) is 0 Å². The zero-order valence-corrected chi connectivity index (χ0v) is 13.6. The molecule has 112 valence electrons. The van der Waals surface area contributed by atoms with Crippen LogP contribution in [0.15, 0.2) is 18.2 Å². The van der Waals surface area contributed by atoms with E-state index in [-0.39, 0.29) is 17.5 Å². The molecule has 1 aromatic rings. The maximum Gasteiger partial charge on any atom is 0.171 e. The van der Waals surface area contributed by atoms with Gasteiger partial charge >= 0.3 is 0 Å². The second-order valence-electron chi connectivity index (χ2n) is 4.63. The largest absolute Gasteiger partial charge is 0.353 e. The molecule has 0 amide bonds. The molecule has 1 fully saturated rings. The molecule has 3 nitrogen and oxygen atoms in total. The summed E-state index contributed by atoms with van der Waals surface area (Å²) in [6.07, 6.45) is 0. The van der Waals surface area contributed by atoms with Gasteiger partial charge in [0.1, 0.15) is 11.2 Å². The van der Waals surface area contributed by atoms with Gasteiger partial charge in [0.05, 0.1) is 0 Å². The summed E-state index contributed by atoms with van der Waals surface area (Å²) in [4.78, 5) is 1.79. The molecule has 1 aromatic carbocycles. The Bertz CT molecular complexity index is 580. The van der Waals surface area contributed by atoms with Gasteiger partial charge in [-0.05, 0) is 23.8 Å².